The van der Waals surface area contributed by atoms with Crippen LogP contribution in [-0.4, -0.2) is 30.9 Å². The van der Waals surface area contributed by atoms with Gasteiger partial charge in [0.2, 0.25) is 0 Å². The van der Waals surface area contributed by atoms with Gasteiger partial charge in [0.1, 0.15) is 12.4 Å². The molecule has 0 atom stereocenters. The summed E-state index contributed by atoms with van der Waals surface area (Å²) in [4.78, 5) is 22.5. The third-order valence-electron chi connectivity index (χ3n) is 2.09. The number of hydrogen-bond acceptors (Lipinski definition) is 4. The molecule has 0 aliphatic heterocycles. The second-order valence-electron chi connectivity index (χ2n) is 3.35. The van der Waals surface area contributed by atoms with Crippen molar-refractivity contribution in [1.82, 2.24) is 0 Å². The molecule has 0 bridgehead atoms. The molecule has 0 saturated heterocycles. The van der Waals surface area contributed by atoms with Crippen molar-refractivity contribution in [2.24, 2.45) is 0 Å². The van der Waals surface area contributed by atoms with Crippen LogP contribution in [0.15, 0.2) is 29.3 Å². The fourth-order valence-electron chi connectivity index (χ4n) is 1.27. The Hall–Kier alpha value is -2.02. The van der Waals surface area contributed by atoms with Crippen LogP contribution in [0.3, 0.4) is 0 Å². The summed E-state index contributed by atoms with van der Waals surface area (Å²) < 4.78 is 10.2. The Morgan fingerprint density at radius 3 is 2.74 bits per heavy atom. The smallest absolute Gasteiger partial charge is 0.411 e. The predicted octanol–water partition coefficient (Wildman–Crippen LogP) is 2.89. The summed E-state index contributed by atoms with van der Waals surface area (Å²) in [6.45, 7) is 3.43. The first-order valence-corrected chi connectivity index (χ1v) is 5.94. The zero-order valence-corrected chi connectivity index (χ0v) is 11.7. The minimum Gasteiger partial charge on any atom is -0.495 e. The van der Waals surface area contributed by atoms with Gasteiger partial charge in [-0.25, -0.2) is 9.59 Å². The van der Waals surface area contributed by atoms with Gasteiger partial charge in [-0.1, -0.05) is 12.7 Å². The first-order chi connectivity index (χ1) is 8.99. The van der Waals surface area contributed by atoms with Crippen LogP contribution in [0.25, 0.3) is 0 Å². The van der Waals surface area contributed by atoms with E-state index in [0.717, 1.165) is 0 Å². The van der Waals surface area contributed by atoms with Crippen LogP contribution in [0.2, 0.25) is 0 Å². The van der Waals surface area contributed by atoms with Gasteiger partial charge in [0.25, 0.3) is 0 Å². The lowest BCUT2D eigenvalue weighted by Gasteiger charge is -2.11. The van der Waals surface area contributed by atoms with Gasteiger partial charge in [0.15, 0.2) is 0 Å². The summed E-state index contributed by atoms with van der Waals surface area (Å²) >= 11 is 3.17. The lowest BCUT2D eigenvalue weighted by atomic mass is 10.1. The molecule has 19 heavy (non-hydrogen) atoms. The molecule has 1 aromatic carbocycles. The average Bonchev–Trinajstić information content (AvgIpc) is 2.37. The lowest BCUT2D eigenvalue weighted by Crippen LogP contribution is -2.16. The Labute approximate surface area is 118 Å². The van der Waals surface area contributed by atoms with Gasteiger partial charge in [-0.15, -0.1) is 0 Å². The van der Waals surface area contributed by atoms with Crippen molar-refractivity contribution in [3.63, 3.8) is 0 Å². The Bertz CT molecular complexity index is 515. The summed E-state index contributed by atoms with van der Waals surface area (Å²) in [6, 6.07) is 2.73. The third kappa shape index (κ3) is 3.99. The molecule has 0 aliphatic carbocycles. The first-order valence-electron chi connectivity index (χ1n) is 5.15. The van der Waals surface area contributed by atoms with E-state index in [0.29, 0.717) is 10.2 Å². The lowest BCUT2D eigenvalue weighted by molar-refractivity contribution is 0.0698. The monoisotopic (exact) mass is 329 g/mol. The van der Waals surface area contributed by atoms with Crippen molar-refractivity contribution < 1.29 is 24.2 Å². The predicted molar refractivity (Wildman–Crippen MR) is 72.8 cm³/mol. The van der Waals surface area contributed by atoms with Crippen LogP contribution in [-0.2, 0) is 4.74 Å². The molecule has 0 aromatic heterocycles. The maximum absolute atomic E-state index is 11.4. The van der Waals surface area contributed by atoms with Crippen LogP contribution < -0.4 is 10.1 Å². The van der Waals surface area contributed by atoms with E-state index in [2.05, 4.69) is 27.8 Å². The Morgan fingerprint density at radius 2 is 2.21 bits per heavy atom. The highest BCUT2D eigenvalue weighted by Crippen LogP contribution is 2.31. The van der Waals surface area contributed by atoms with E-state index in [4.69, 9.17) is 14.6 Å². The number of methoxy groups -OCH3 is 1. The topological polar surface area (TPSA) is 84.9 Å². The molecule has 7 heteroatoms. The molecule has 0 aliphatic rings. The van der Waals surface area contributed by atoms with Crippen LogP contribution in [0.5, 0.6) is 5.75 Å². The molecule has 0 spiro atoms. The van der Waals surface area contributed by atoms with Crippen LogP contribution in [0.4, 0.5) is 10.5 Å². The molecular formula is C12H12BrNO5. The zero-order valence-electron chi connectivity index (χ0n) is 10.1. The number of rotatable bonds is 5. The third-order valence-corrected chi connectivity index (χ3v) is 2.71. The summed E-state index contributed by atoms with van der Waals surface area (Å²) in [5, 5.41) is 11.4. The summed E-state index contributed by atoms with van der Waals surface area (Å²) in [5.74, 6) is -0.786. The number of carbonyl (C=O) groups is 2. The average molecular weight is 330 g/mol. The Kier molecular flexibility index (Phi) is 5.37. The molecular weight excluding hydrogens is 318 g/mol. The largest absolute Gasteiger partial charge is 0.495 e. The number of ether oxygens (including phenoxy) is 2. The number of nitrogens with one attached hydrogen (secondary N) is 1. The van der Waals surface area contributed by atoms with E-state index < -0.39 is 12.1 Å². The molecule has 1 rings (SSSR count). The molecule has 0 saturated carbocycles. The number of carboxylic acids is 1. The van der Waals surface area contributed by atoms with E-state index in [-0.39, 0.29) is 17.9 Å². The fourth-order valence-corrected chi connectivity index (χ4v) is 1.78. The first kappa shape index (κ1) is 15.0. The SMILES string of the molecule is C=CCOC(=O)Nc1cc(OC)c(Br)cc1C(=O)O. The van der Waals surface area contributed by atoms with Crippen molar-refractivity contribution in [3.8, 4) is 5.75 Å². The normalized spacial score (nSPS) is 9.58. The molecule has 0 fully saturated rings. The van der Waals surface area contributed by atoms with Crippen LogP contribution in [0.1, 0.15) is 10.4 Å². The summed E-state index contributed by atoms with van der Waals surface area (Å²) in [6.07, 6.45) is 0.631. The van der Waals surface area contributed by atoms with Gasteiger partial charge in [0.05, 0.1) is 22.8 Å². The summed E-state index contributed by atoms with van der Waals surface area (Å²) in [5.41, 5.74) is 0.00448. The second kappa shape index (κ2) is 6.79. The minimum absolute atomic E-state index is 0.0297. The number of carbonyl (C=O) groups excluding carboxylic acids is 1. The van der Waals surface area contributed by atoms with E-state index in [9.17, 15) is 9.59 Å². The molecule has 0 heterocycles. The number of hydrogen-bond donors (Lipinski definition) is 2. The minimum atomic E-state index is -1.18. The second-order valence-corrected chi connectivity index (χ2v) is 4.20. The van der Waals surface area contributed by atoms with Crippen molar-refractivity contribution in [1.29, 1.82) is 0 Å². The Morgan fingerprint density at radius 1 is 1.53 bits per heavy atom. The molecule has 0 radical (unpaired) electrons. The van der Waals surface area contributed by atoms with Gasteiger partial charge in [-0.05, 0) is 22.0 Å². The number of amides is 1. The fraction of sp³-hybridized carbons (Fsp3) is 0.167. The molecule has 6 nitrogen and oxygen atoms in total. The quantitative estimate of drug-likeness (QED) is 0.811. The Balaban J connectivity index is 3.06. The summed E-state index contributed by atoms with van der Waals surface area (Å²) in [7, 11) is 1.43. The van der Waals surface area contributed by atoms with Gasteiger partial charge in [-0.2, -0.15) is 0 Å². The van der Waals surface area contributed by atoms with E-state index >= 15 is 0 Å². The molecule has 1 amide bonds. The number of aromatic carboxylic acids is 1. The molecule has 102 valence electrons. The molecule has 0 unspecified atom stereocenters. The van der Waals surface area contributed by atoms with Crippen LogP contribution >= 0.6 is 15.9 Å². The van der Waals surface area contributed by atoms with Gasteiger partial charge >= 0.3 is 12.1 Å². The van der Waals surface area contributed by atoms with E-state index in [1.807, 2.05) is 0 Å². The highest BCUT2D eigenvalue weighted by molar-refractivity contribution is 9.10. The van der Waals surface area contributed by atoms with Crippen molar-refractivity contribution in [2.45, 2.75) is 0 Å². The highest BCUT2D eigenvalue weighted by Gasteiger charge is 2.16. The zero-order chi connectivity index (χ0) is 14.4. The van der Waals surface area contributed by atoms with Crippen molar-refractivity contribution in [3.05, 3.63) is 34.8 Å². The van der Waals surface area contributed by atoms with Gasteiger partial charge in [0, 0.05) is 6.07 Å². The van der Waals surface area contributed by atoms with Crippen LogP contribution in [0, 0.1) is 0 Å². The van der Waals surface area contributed by atoms with E-state index in [1.54, 1.807) is 0 Å². The standard InChI is InChI=1S/C12H12BrNO5/c1-3-4-19-12(17)14-9-6-10(18-2)8(13)5-7(9)11(15)16/h3,5-6H,1,4H2,2H3,(H,14,17)(H,15,16). The number of anilines is 1. The number of carboxylic acid groups (broad SMARTS) is 1. The van der Waals surface area contributed by atoms with Gasteiger partial charge in [-0.3, -0.25) is 5.32 Å². The van der Waals surface area contributed by atoms with Crippen molar-refractivity contribution in [2.75, 3.05) is 19.0 Å². The van der Waals surface area contributed by atoms with E-state index in [1.165, 1.54) is 25.3 Å². The van der Waals surface area contributed by atoms with Crippen molar-refractivity contribution >= 4 is 33.7 Å². The highest BCUT2D eigenvalue weighted by atomic mass is 79.9. The number of benzene rings is 1. The maximum Gasteiger partial charge on any atom is 0.411 e. The van der Waals surface area contributed by atoms with Gasteiger partial charge < -0.3 is 14.6 Å². The maximum atomic E-state index is 11.4. The molecule has 2 N–H and O–H groups in total. The molecule has 1 aromatic rings. The number of halogens is 1.